The van der Waals surface area contributed by atoms with Crippen LogP contribution >= 0.6 is 22.6 Å². The third-order valence-corrected chi connectivity index (χ3v) is 4.88. The van der Waals surface area contributed by atoms with E-state index in [1.165, 1.54) is 0 Å². The number of ether oxygens (including phenoxy) is 2. The van der Waals surface area contributed by atoms with Gasteiger partial charge in [0.2, 0.25) is 0 Å². The standard InChI is InChI=1S/C21H16IN3O2/c1-26-20-13-6-5-10-16(20)18-14-25(24-23-18)19-12-7-11-17(22)21(19)27-15-8-3-2-4-9-15/h2-14H,1H3. The van der Waals surface area contributed by atoms with E-state index in [0.717, 1.165) is 37.8 Å². The molecule has 5 nitrogen and oxygen atoms in total. The van der Waals surface area contributed by atoms with Crippen LogP contribution in [-0.2, 0) is 0 Å². The van der Waals surface area contributed by atoms with Crippen LogP contribution in [0.15, 0.2) is 79.0 Å². The second-order valence-electron chi connectivity index (χ2n) is 5.75. The Balaban J connectivity index is 1.75. The van der Waals surface area contributed by atoms with Crippen molar-refractivity contribution < 1.29 is 9.47 Å². The Bertz CT molecular complexity index is 1060. The number of aromatic nitrogens is 3. The van der Waals surface area contributed by atoms with Gasteiger partial charge in [-0.05, 0) is 59.0 Å². The minimum atomic E-state index is 0.733. The molecule has 6 heteroatoms. The predicted molar refractivity (Wildman–Crippen MR) is 113 cm³/mol. The van der Waals surface area contributed by atoms with Gasteiger partial charge < -0.3 is 9.47 Å². The van der Waals surface area contributed by atoms with Crippen molar-refractivity contribution in [3.8, 4) is 34.2 Å². The summed E-state index contributed by atoms with van der Waals surface area (Å²) in [5.74, 6) is 2.27. The van der Waals surface area contributed by atoms with E-state index in [1.54, 1.807) is 11.8 Å². The Kier molecular flexibility index (Phi) is 5.06. The summed E-state index contributed by atoms with van der Waals surface area (Å²) < 4.78 is 14.3. The summed E-state index contributed by atoms with van der Waals surface area (Å²) in [6.45, 7) is 0. The topological polar surface area (TPSA) is 49.2 Å². The van der Waals surface area contributed by atoms with Crippen molar-refractivity contribution in [1.82, 2.24) is 15.0 Å². The monoisotopic (exact) mass is 469 g/mol. The highest BCUT2D eigenvalue weighted by molar-refractivity contribution is 14.1. The van der Waals surface area contributed by atoms with Crippen LogP contribution in [0.1, 0.15) is 0 Å². The molecule has 0 unspecified atom stereocenters. The van der Waals surface area contributed by atoms with Gasteiger partial charge in [0.15, 0.2) is 5.75 Å². The average molecular weight is 469 g/mol. The van der Waals surface area contributed by atoms with Crippen LogP contribution in [-0.4, -0.2) is 22.1 Å². The van der Waals surface area contributed by atoms with E-state index in [1.807, 2.05) is 79.0 Å². The van der Waals surface area contributed by atoms with Gasteiger partial charge in [0.25, 0.3) is 0 Å². The lowest BCUT2D eigenvalue weighted by atomic mass is 10.1. The van der Waals surface area contributed by atoms with Gasteiger partial charge in [-0.1, -0.05) is 41.6 Å². The molecule has 0 aliphatic carbocycles. The Morgan fingerprint density at radius 2 is 1.67 bits per heavy atom. The SMILES string of the molecule is COc1ccccc1-c1cn(-c2cccc(I)c2Oc2ccccc2)nn1. The number of methoxy groups -OCH3 is 1. The summed E-state index contributed by atoms with van der Waals surface area (Å²) in [4.78, 5) is 0. The van der Waals surface area contributed by atoms with E-state index >= 15 is 0 Å². The Labute approximate surface area is 170 Å². The Hall–Kier alpha value is -2.87. The summed E-state index contributed by atoms with van der Waals surface area (Å²) in [5, 5.41) is 8.63. The van der Waals surface area contributed by atoms with Crippen LogP contribution in [0.2, 0.25) is 0 Å². The molecule has 0 N–H and O–H groups in total. The number of hydrogen-bond acceptors (Lipinski definition) is 4. The lowest BCUT2D eigenvalue weighted by molar-refractivity contribution is 0.416. The summed E-state index contributed by atoms with van der Waals surface area (Å²) in [6.07, 6.45) is 1.88. The summed E-state index contributed by atoms with van der Waals surface area (Å²) in [5.41, 5.74) is 2.44. The molecule has 0 aliphatic heterocycles. The summed E-state index contributed by atoms with van der Waals surface area (Å²) in [6, 6.07) is 23.4. The zero-order valence-corrected chi connectivity index (χ0v) is 16.7. The van der Waals surface area contributed by atoms with Crippen LogP contribution in [0.5, 0.6) is 17.2 Å². The van der Waals surface area contributed by atoms with Gasteiger partial charge in [-0.15, -0.1) is 5.10 Å². The fourth-order valence-corrected chi connectivity index (χ4v) is 3.34. The van der Waals surface area contributed by atoms with Crippen molar-refractivity contribution >= 4 is 22.6 Å². The van der Waals surface area contributed by atoms with Crippen molar-refractivity contribution in [1.29, 1.82) is 0 Å². The molecule has 4 aromatic rings. The van der Waals surface area contributed by atoms with Crippen LogP contribution in [0, 0.1) is 3.57 Å². The maximum atomic E-state index is 6.13. The van der Waals surface area contributed by atoms with Gasteiger partial charge in [0.05, 0.1) is 16.9 Å². The first-order valence-electron chi connectivity index (χ1n) is 8.34. The molecule has 0 saturated carbocycles. The highest BCUT2D eigenvalue weighted by atomic mass is 127. The highest BCUT2D eigenvalue weighted by Crippen LogP contribution is 2.34. The van der Waals surface area contributed by atoms with E-state index < -0.39 is 0 Å². The van der Waals surface area contributed by atoms with Gasteiger partial charge in [-0.3, -0.25) is 0 Å². The maximum Gasteiger partial charge on any atom is 0.166 e. The number of hydrogen-bond donors (Lipinski definition) is 0. The second kappa shape index (κ2) is 7.79. The molecule has 1 heterocycles. The first kappa shape index (κ1) is 17.5. The second-order valence-corrected chi connectivity index (χ2v) is 6.91. The van der Waals surface area contributed by atoms with Crippen molar-refractivity contribution in [3.63, 3.8) is 0 Å². The van der Waals surface area contributed by atoms with Crippen molar-refractivity contribution in [2.24, 2.45) is 0 Å². The summed E-state index contributed by atoms with van der Waals surface area (Å²) in [7, 11) is 1.65. The predicted octanol–water partition coefficient (Wildman–Crippen LogP) is 5.34. The van der Waals surface area contributed by atoms with E-state index in [4.69, 9.17) is 9.47 Å². The molecule has 0 aliphatic rings. The van der Waals surface area contributed by atoms with E-state index in [0.29, 0.717) is 0 Å². The number of rotatable bonds is 5. The third-order valence-electron chi connectivity index (χ3n) is 4.03. The molecule has 0 amide bonds. The molecular formula is C21H16IN3O2. The molecule has 0 fully saturated rings. The first-order valence-corrected chi connectivity index (χ1v) is 9.41. The van der Waals surface area contributed by atoms with Gasteiger partial charge in [-0.2, -0.15) is 0 Å². The fraction of sp³-hybridized carbons (Fsp3) is 0.0476. The lowest BCUT2D eigenvalue weighted by Crippen LogP contribution is -2.00. The van der Waals surface area contributed by atoms with Gasteiger partial charge >= 0.3 is 0 Å². The molecule has 3 aromatic carbocycles. The van der Waals surface area contributed by atoms with Gasteiger partial charge in [0.1, 0.15) is 22.9 Å². The molecule has 0 saturated heterocycles. The molecule has 0 radical (unpaired) electrons. The van der Waals surface area contributed by atoms with Crippen LogP contribution in [0.4, 0.5) is 0 Å². The molecular weight excluding hydrogens is 453 g/mol. The number of para-hydroxylation sites is 3. The maximum absolute atomic E-state index is 6.13. The quantitative estimate of drug-likeness (QED) is 0.371. The third kappa shape index (κ3) is 3.66. The van der Waals surface area contributed by atoms with E-state index in [-0.39, 0.29) is 0 Å². The van der Waals surface area contributed by atoms with Crippen molar-refractivity contribution in [3.05, 3.63) is 82.6 Å². The van der Waals surface area contributed by atoms with E-state index in [2.05, 4.69) is 32.9 Å². The summed E-state index contributed by atoms with van der Waals surface area (Å²) >= 11 is 2.26. The molecule has 1 aromatic heterocycles. The lowest BCUT2D eigenvalue weighted by Gasteiger charge is -2.12. The average Bonchev–Trinajstić information content (AvgIpc) is 3.20. The number of benzene rings is 3. The smallest absolute Gasteiger partial charge is 0.166 e. The number of nitrogens with zero attached hydrogens (tertiary/aromatic N) is 3. The first-order chi connectivity index (χ1) is 13.3. The fourth-order valence-electron chi connectivity index (χ4n) is 2.75. The van der Waals surface area contributed by atoms with Crippen LogP contribution in [0.3, 0.4) is 0 Å². The minimum absolute atomic E-state index is 0.733. The van der Waals surface area contributed by atoms with Crippen LogP contribution < -0.4 is 9.47 Å². The highest BCUT2D eigenvalue weighted by Gasteiger charge is 2.15. The molecule has 0 atom stereocenters. The molecule has 134 valence electrons. The Morgan fingerprint density at radius 1 is 0.889 bits per heavy atom. The van der Waals surface area contributed by atoms with Crippen LogP contribution in [0.25, 0.3) is 16.9 Å². The molecule has 0 spiro atoms. The normalized spacial score (nSPS) is 10.6. The van der Waals surface area contributed by atoms with Gasteiger partial charge in [-0.25, -0.2) is 4.68 Å². The minimum Gasteiger partial charge on any atom is -0.496 e. The molecule has 0 bridgehead atoms. The zero-order chi connectivity index (χ0) is 18.6. The molecule has 27 heavy (non-hydrogen) atoms. The van der Waals surface area contributed by atoms with Crippen molar-refractivity contribution in [2.75, 3.05) is 7.11 Å². The Morgan fingerprint density at radius 3 is 2.48 bits per heavy atom. The largest absolute Gasteiger partial charge is 0.496 e. The van der Waals surface area contributed by atoms with Crippen molar-refractivity contribution in [2.45, 2.75) is 0 Å². The van der Waals surface area contributed by atoms with Gasteiger partial charge in [0, 0.05) is 5.56 Å². The number of halogens is 1. The molecule has 4 rings (SSSR count). The zero-order valence-electron chi connectivity index (χ0n) is 14.5. The van der Waals surface area contributed by atoms with E-state index in [9.17, 15) is 0 Å².